The van der Waals surface area contributed by atoms with Crippen molar-refractivity contribution in [1.82, 2.24) is 9.59 Å². The third-order valence-corrected chi connectivity index (χ3v) is 4.06. The van der Waals surface area contributed by atoms with E-state index in [0.717, 1.165) is 35.7 Å². The van der Waals surface area contributed by atoms with E-state index in [2.05, 4.69) is 14.9 Å². The van der Waals surface area contributed by atoms with Crippen LogP contribution in [0.15, 0.2) is 18.3 Å². The highest BCUT2D eigenvalue weighted by Crippen LogP contribution is 2.51. The Kier molecular flexibility index (Phi) is 3.74. The van der Waals surface area contributed by atoms with Gasteiger partial charge >= 0.3 is 0 Å². The van der Waals surface area contributed by atoms with Gasteiger partial charge in [-0.15, -0.1) is 5.10 Å². The van der Waals surface area contributed by atoms with E-state index in [1.165, 1.54) is 6.20 Å². The number of hydrogen-bond donors (Lipinski definition) is 1. The maximum Gasteiger partial charge on any atom is 0.269 e. The van der Waals surface area contributed by atoms with E-state index in [4.69, 9.17) is 9.47 Å². The molecule has 1 aromatic heterocycles. The molecule has 2 aromatic rings. The van der Waals surface area contributed by atoms with Gasteiger partial charge in [-0.1, -0.05) is 4.49 Å². The van der Waals surface area contributed by atoms with Gasteiger partial charge < -0.3 is 14.8 Å². The van der Waals surface area contributed by atoms with Crippen LogP contribution in [0.3, 0.4) is 0 Å². The molecule has 0 aliphatic heterocycles. The Morgan fingerprint density at radius 2 is 2.14 bits per heavy atom. The number of carbonyl (C=O) groups excluding carboxylic acids is 1. The van der Waals surface area contributed by atoms with Crippen molar-refractivity contribution in [2.24, 2.45) is 0 Å². The Morgan fingerprint density at radius 3 is 2.71 bits per heavy atom. The zero-order valence-corrected chi connectivity index (χ0v) is 12.6. The number of rotatable bonds is 5. The standard InChI is InChI=1S/C14H15N3O3S/c1-19-10-6-5-9(13(20-2)12(10)8-3-4-8)16-14(18)11-7-15-17-21-11/h5-8H,3-4H2,1-2H3,(H,16,18). The van der Waals surface area contributed by atoms with E-state index in [9.17, 15) is 4.79 Å². The minimum absolute atomic E-state index is 0.241. The number of amides is 1. The first-order valence-corrected chi connectivity index (χ1v) is 7.35. The van der Waals surface area contributed by atoms with Crippen LogP contribution in [-0.2, 0) is 0 Å². The van der Waals surface area contributed by atoms with Crippen molar-refractivity contribution in [2.75, 3.05) is 19.5 Å². The van der Waals surface area contributed by atoms with E-state index in [0.29, 0.717) is 22.2 Å². The second-order valence-corrected chi connectivity index (χ2v) is 5.56. The van der Waals surface area contributed by atoms with Crippen LogP contribution in [-0.4, -0.2) is 29.7 Å². The fourth-order valence-corrected chi connectivity index (χ4v) is 2.70. The van der Waals surface area contributed by atoms with Gasteiger partial charge in [-0.3, -0.25) is 4.79 Å². The normalized spacial score (nSPS) is 13.8. The van der Waals surface area contributed by atoms with Crippen molar-refractivity contribution in [3.05, 3.63) is 28.8 Å². The van der Waals surface area contributed by atoms with Crippen LogP contribution in [0, 0.1) is 0 Å². The van der Waals surface area contributed by atoms with E-state index in [1.54, 1.807) is 20.3 Å². The minimum Gasteiger partial charge on any atom is -0.496 e. The summed E-state index contributed by atoms with van der Waals surface area (Å²) in [6.45, 7) is 0. The summed E-state index contributed by atoms with van der Waals surface area (Å²) in [7, 11) is 3.24. The molecule has 0 spiro atoms. The molecule has 21 heavy (non-hydrogen) atoms. The minimum atomic E-state index is -0.241. The Morgan fingerprint density at radius 1 is 1.33 bits per heavy atom. The van der Waals surface area contributed by atoms with E-state index >= 15 is 0 Å². The molecule has 110 valence electrons. The van der Waals surface area contributed by atoms with Crippen molar-refractivity contribution in [3.8, 4) is 11.5 Å². The molecular formula is C14H15N3O3S. The first-order chi connectivity index (χ1) is 10.2. The summed E-state index contributed by atoms with van der Waals surface area (Å²) in [5.74, 6) is 1.67. The summed E-state index contributed by atoms with van der Waals surface area (Å²) in [6, 6.07) is 3.65. The summed E-state index contributed by atoms with van der Waals surface area (Å²) in [6.07, 6.45) is 3.67. The Bertz CT molecular complexity index is 654. The average Bonchev–Trinajstić information content (AvgIpc) is 3.19. The van der Waals surface area contributed by atoms with Crippen LogP contribution in [0.2, 0.25) is 0 Å². The largest absolute Gasteiger partial charge is 0.496 e. The fourth-order valence-electron chi connectivity index (χ4n) is 2.29. The lowest BCUT2D eigenvalue weighted by atomic mass is 10.1. The topological polar surface area (TPSA) is 73.3 Å². The fraction of sp³-hybridized carbons (Fsp3) is 0.357. The van der Waals surface area contributed by atoms with Gasteiger partial charge in [0.15, 0.2) is 0 Å². The third-order valence-electron chi connectivity index (χ3n) is 3.40. The maximum atomic E-state index is 12.1. The summed E-state index contributed by atoms with van der Waals surface area (Å²) >= 11 is 1.06. The van der Waals surface area contributed by atoms with Gasteiger partial charge in [-0.2, -0.15) is 0 Å². The molecule has 1 aromatic carbocycles. The molecule has 0 unspecified atom stereocenters. The second-order valence-electron chi connectivity index (χ2n) is 4.77. The molecule has 3 rings (SSSR count). The van der Waals surface area contributed by atoms with Crippen LogP contribution in [0.5, 0.6) is 11.5 Å². The Labute approximate surface area is 126 Å². The molecule has 1 saturated carbocycles. The number of methoxy groups -OCH3 is 2. The predicted molar refractivity (Wildman–Crippen MR) is 79.4 cm³/mol. The number of anilines is 1. The number of nitrogens with zero attached hydrogens (tertiary/aromatic N) is 2. The zero-order chi connectivity index (χ0) is 14.8. The lowest BCUT2D eigenvalue weighted by Gasteiger charge is -2.16. The Hall–Kier alpha value is -2.15. The monoisotopic (exact) mass is 305 g/mol. The van der Waals surface area contributed by atoms with Gasteiger partial charge in [-0.05, 0) is 42.4 Å². The number of nitrogens with one attached hydrogen (secondary N) is 1. The van der Waals surface area contributed by atoms with Gasteiger partial charge in [0.25, 0.3) is 5.91 Å². The quantitative estimate of drug-likeness (QED) is 0.919. The predicted octanol–water partition coefficient (Wildman–Crippen LogP) is 2.69. The highest BCUT2D eigenvalue weighted by molar-refractivity contribution is 7.07. The third kappa shape index (κ3) is 2.69. The number of hydrogen-bond acceptors (Lipinski definition) is 6. The molecule has 1 fully saturated rings. The molecule has 0 radical (unpaired) electrons. The first-order valence-electron chi connectivity index (χ1n) is 6.58. The lowest BCUT2D eigenvalue weighted by molar-refractivity contribution is 0.103. The first kappa shape index (κ1) is 13.8. The molecule has 1 aliphatic rings. The van der Waals surface area contributed by atoms with Gasteiger partial charge in [-0.25, -0.2) is 0 Å². The second kappa shape index (κ2) is 5.69. The number of ether oxygens (including phenoxy) is 2. The van der Waals surface area contributed by atoms with Crippen molar-refractivity contribution < 1.29 is 14.3 Å². The average molecular weight is 305 g/mol. The van der Waals surface area contributed by atoms with Gasteiger partial charge in [0, 0.05) is 5.56 Å². The number of benzene rings is 1. The molecule has 1 N–H and O–H groups in total. The molecule has 0 atom stereocenters. The van der Waals surface area contributed by atoms with Crippen LogP contribution >= 0.6 is 11.5 Å². The van der Waals surface area contributed by atoms with Crippen molar-refractivity contribution in [2.45, 2.75) is 18.8 Å². The van der Waals surface area contributed by atoms with Crippen LogP contribution in [0.4, 0.5) is 5.69 Å². The van der Waals surface area contributed by atoms with Gasteiger partial charge in [0.1, 0.15) is 16.4 Å². The van der Waals surface area contributed by atoms with Gasteiger partial charge in [0.05, 0.1) is 26.1 Å². The SMILES string of the molecule is COc1ccc(NC(=O)c2cnns2)c(OC)c1C1CC1. The zero-order valence-electron chi connectivity index (χ0n) is 11.8. The van der Waals surface area contributed by atoms with Gasteiger partial charge in [0.2, 0.25) is 0 Å². The highest BCUT2D eigenvalue weighted by atomic mass is 32.1. The van der Waals surface area contributed by atoms with Crippen LogP contribution < -0.4 is 14.8 Å². The molecule has 1 aliphatic carbocycles. The van der Waals surface area contributed by atoms with Crippen LogP contribution in [0.25, 0.3) is 0 Å². The van der Waals surface area contributed by atoms with Crippen molar-refractivity contribution >= 4 is 23.1 Å². The summed E-state index contributed by atoms with van der Waals surface area (Å²) in [5.41, 5.74) is 1.67. The molecular weight excluding hydrogens is 290 g/mol. The summed E-state index contributed by atoms with van der Waals surface area (Å²) in [5, 5.41) is 6.52. The van der Waals surface area contributed by atoms with E-state index < -0.39 is 0 Å². The van der Waals surface area contributed by atoms with Crippen LogP contribution in [0.1, 0.15) is 34.0 Å². The van der Waals surface area contributed by atoms with E-state index in [-0.39, 0.29) is 5.91 Å². The maximum absolute atomic E-state index is 12.1. The summed E-state index contributed by atoms with van der Waals surface area (Å²) in [4.78, 5) is 12.6. The molecule has 7 heteroatoms. The lowest BCUT2D eigenvalue weighted by Crippen LogP contribution is -2.12. The number of carbonyl (C=O) groups is 1. The smallest absolute Gasteiger partial charge is 0.269 e. The Balaban J connectivity index is 1.95. The van der Waals surface area contributed by atoms with Crippen molar-refractivity contribution in [3.63, 3.8) is 0 Å². The van der Waals surface area contributed by atoms with Crippen molar-refractivity contribution in [1.29, 1.82) is 0 Å². The number of aromatic nitrogens is 2. The summed E-state index contributed by atoms with van der Waals surface area (Å²) < 4.78 is 14.6. The van der Waals surface area contributed by atoms with E-state index in [1.807, 2.05) is 6.07 Å². The molecule has 0 bridgehead atoms. The molecule has 1 amide bonds. The molecule has 1 heterocycles. The highest BCUT2D eigenvalue weighted by Gasteiger charge is 2.31. The molecule has 0 saturated heterocycles. The molecule has 6 nitrogen and oxygen atoms in total.